The van der Waals surface area contributed by atoms with Crippen LogP contribution < -0.4 is 5.73 Å². The van der Waals surface area contributed by atoms with E-state index in [1.807, 2.05) is 19.2 Å². The summed E-state index contributed by atoms with van der Waals surface area (Å²) < 4.78 is 1.46. The van der Waals surface area contributed by atoms with Crippen LogP contribution in [-0.2, 0) is 11.2 Å². The van der Waals surface area contributed by atoms with Crippen LogP contribution in [0.5, 0.6) is 0 Å². The highest BCUT2D eigenvalue weighted by atomic mass is 32.1. The Bertz CT molecular complexity index is 755. The normalized spacial score (nSPS) is 10.4. The molecule has 2 aromatic rings. The molecule has 2 N–H and O–H groups in total. The molecule has 122 valence electrons. The average Bonchev–Trinajstić information content (AvgIpc) is 3.09. The van der Waals surface area contributed by atoms with Crippen LogP contribution in [0.2, 0.25) is 0 Å². The van der Waals surface area contributed by atoms with Crippen LogP contribution in [0, 0.1) is 0 Å². The first-order valence-electron chi connectivity index (χ1n) is 7.02. The van der Waals surface area contributed by atoms with Crippen molar-refractivity contribution >= 4 is 28.8 Å². The third-order valence-corrected chi connectivity index (χ3v) is 3.99. The zero-order chi connectivity index (χ0) is 17.1. The van der Waals surface area contributed by atoms with E-state index < -0.39 is 0 Å². The molecular formula is C15H20N6OS. The molecule has 8 heteroatoms. The fourth-order valence-corrected chi connectivity index (χ4v) is 2.74. The minimum atomic E-state index is -0.0974. The topological polar surface area (TPSA) is 89.9 Å². The van der Waals surface area contributed by atoms with Crippen LogP contribution >= 0.6 is 11.3 Å². The molecule has 7 nitrogen and oxygen atoms in total. The second-order valence-electron chi connectivity index (χ2n) is 5.28. The molecule has 23 heavy (non-hydrogen) atoms. The summed E-state index contributed by atoms with van der Waals surface area (Å²) in [7, 11) is 1.70. The number of nitrogens with zero attached hydrogens (tertiary/aromatic N) is 5. The van der Waals surface area contributed by atoms with E-state index in [0.29, 0.717) is 23.8 Å². The van der Waals surface area contributed by atoms with E-state index in [-0.39, 0.29) is 11.7 Å². The Morgan fingerprint density at radius 1 is 1.43 bits per heavy atom. The third kappa shape index (κ3) is 3.65. The smallest absolute Gasteiger partial charge is 0.223 e. The standard InChI is InChI=1S/C15H20N6OS/c1-9(2)14(20(5)11(4)22)15-18-12(19-21(15)10(3)16)8-13-17-6-7-23-13/h6-7H,3,8,16H2,1-2,4-5H3. The SMILES string of the molecule is C=C(N)n1nc(Cc2nccs2)nc1C(=C(C)C)N(C)C(C)=O. The molecule has 2 rings (SSSR count). The number of amides is 1. The highest BCUT2D eigenvalue weighted by molar-refractivity contribution is 7.09. The zero-order valence-electron chi connectivity index (χ0n) is 13.7. The lowest BCUT2D eigenvalue weighted by Gasteiger charge is -2.20. The van der Waals surface area contributed by atoms with Gasteiger partial charge in [-0.3, -0.25) is 4.79 Å². The van der Waals surface area contributed by atoms with E-state index >= 15 is 0 Å². The molecule has 0 saturated carbocycles. The van der Waals surface area contributed by atoms with Crippen LogP contribution in [0.3, 0.4) is 0 Å². The van der Waals surface area contributed by atoms with Crippen molar-refractivity contribution in [3.05, 3.63) is 40.4 Å². The Morgan fingerprint density at radius 2 is 2.13 bits per heavy atom. The van der Waals surface area contributed by atoms with Crippen LogP contribution in [0.1, 0.15) is 37.4 Å². The Balaban J connectivity index is 2.51. The van der Waals surface area contributed by atoms with Crippen molar-refractivity contribution in [2.75, 3.05) is 7.05 Å². The Hall–Kier alpha value is -2.48. The summed E-state index contributed by atoms with van der Waals surface area (Å²) in [6, 6.07) is 0. The second-order valence-corrected chi connectivity index (χ2v) is 6.26. The number of allylic oxidation sites excluding steroid dienone is 1. The van der Waals surface area contributed by atoms with Crippen molar-refractivity contribution in [2.45, 2.75) is 27.2 Å². The fourth-order valence-electron chi connectivity index (χ4n) is 2.13. The van der Waals surface area contributed by atoms with Crippen molar-refractivity contribution in [1.82, 2.24) is 24.6 Å². The predicted octanol–water partition coefficient (Wildman–Crippen LogP) is 1.94. The molecule has 0 aliphatic heterocycles. The van der Waals surface area contributed by atoms with E-state index in [1.54, 1.807) is 13.2 Å². The van der Waals surface area contributed by atoms with Gasteiger partial charge in [0.25, 0.3) is 0 Å². The number of nitrogens with two attached hydrogens (primary N) is 1. The van der Waals surface area contributed by atoms with Gasteiger partial charge in [-0.05, 0) is 19.4 Å². The van der Waals surface area contributed by atoms with Gasteiger partial charge in [-0.1, -0.05) is 6.58 Å². The monoisotopic (exact) mass is 332 g/mol. The summed E-state index contributed by atoms with van der Waals surface area (Å²) in [4.78, 5) is 22.1. The van der Waals surface area contributed by atoms with Gasteiger partial charge in [0.15, 0.2) is 11.6 Å². The maximum Gasteiger partial charge on any atom is 0.223 e. The molecule has 2 aromatic heterocycles. The molecule has 0 aromatic carbocycles. The number of aromatic nitrogens is 4. The Kier molecular flexibility index (Phi) is 4.95. The first kappa shape index (κ1) is 16.9. The van der Waals surface area contributed by atoms with Gasteiger partial charge in [0.05, 0.1) is 12.1 Å². The first-order chi connectivity index (χ1) is 10.8. The molecule has 0 radical (unpaired) electrons. The average molecular weight is 332 g/mol. The highest BCUT2D eigenvalue weighted by Crippen LogP contribution is 2.22. The second kappa shape index (κ2) is 6.74. The van der Waals surface area contributed by atoms with Gasteiger partial charge in [-0.15, -0.1) is 16.4 Å². The van der Waals surface area contributed by atoms with E-state index in [2.05, 4.69) is 21.6 Å². The lowest BCUT2D eigenvalue weighted by atomic mass is 10.2. The van der Waals surface area contributed by atoms with Crippen LogP contribution in [0.15, 0.2) is 23.7 Å². The zero-order valence-corrected chi connectivity index (χ0v) is 14.5. The Labute approximate surface area is 139 Å². The molecule has 0 fully saturated rings. The molecule has 1 amide bonds. The van der Waals surface area contributed by atoms with Crippen LogP contribution in [-0.4, -0.2) is 37.6 Å². The van der Waals surface area contributed by atoms with Gasteiger partial charge in [0, 0.05) is 25.5 Å². The first-order valence-corrected chi connectivity index (χ1v) is 7.90. The summed E-state index contributed by atoms with van der Waals surface area (Å²) >= 11 is 1.54. The number of thiazole rings is 1. The number of hydrogen-bond acceptors (Lipinski definition) is 6. The van der Waals surface area contributed by atoms with E-state index in [9.17, 15) is 4.79 Å². The van der Waals surface area contributed by atoms with Gasteiger partial charge in [-0.2, -0.15) is 4.68 Å². The van der Waals surface area contributed by atoms with Gasteiger partial charge in [0.1, 0.15) is 10.8 Å². The van der Waals surface area contributed by atoms with Crippen molar-refractivity contribution < 1.29 is 4.79 Å². The lowest BCUT2D eigenvalue weighted by molar-refractivity contribution is -0.124. The summed E-state index contributed by atoms with van der Waals surface area (Å²) in [5.74, 6) is 1.23. The summed E-state index contributed by atoms with van der Waals surface area (Å²) in [6.07, 6.45) is 2.25. The van der Waals surface area contributed by atoms with Crippen molar-refractivity contribution in [2.24, 2.45) is 5.73 Å². The summed E-state index contributed by atoms with van der Waals surface area (Å²) in [5.41, 5.74) is 7.44. The summed E-state index contributed by atoms with van der Waals surface area (Å²) in [6.45, 7) is 9.06. The minimum absolute atomic E-state index is 0.0974. The van der Waals surface area contributed by atoms with Crippen molar-refractivity contribution in [3.8, 4) is 0 Å². The van der Waals surface area contributed by atoms with Gasteiger partial charge < -0.3 is 10.6 Å². The quantitative estimate of drug-likeness (QED) is 0.903. The molecule has 0 bridgehead atoms. The molecule has 0 aliphatic carbocycles. The van der Waals surface area contributed by atoms with Gasteiger partial charge >= 0.3 is 0 Å². The molecule has 2 heterocycles. The predicted molar refractivity (Wildman–Crippen MR) is 91.2 cm³/mol. The maximum absolute atomic E-state index is 11.8. The molecule has 0 atom stereocenters. The van der Waals surface area contributed by atoms with Crippen LogP contribution in [0.4, 0.5) is 0 Å². The maximum atomic E-state index is 11.8. The lowest BCUT2D eigenvalue weighted by Crippen LogP contribution is -2.25. The number of carbonyl (C=O) groups is 1. The van der Waals surface area contributed by atoms with Gasteiger partial charge in [0.2, 0.25) is 5.91 Å². The van der Waals surface area contributed by atoms with Gasteiger partial charge in [-0.25, -0.2) is 9.97 Å². The molecule has 0 unspecified atom stereocenters. The molecule has 0 spiro atoms. The number of rotatable bonds is 5. The molecule has 0 saturated heterocycles. The largest absolute Gasteiger partial charge is 0.384 e. The minimum Gasteiger partial charge on any atom is -0.384 e. The molecule has 0 aliphatic rings. The summed E-state index contributed by atoms with van der Waals surface area (Å²) in [5, 5.41) is 7.22. The van der Waals surface area contributed by atoms with Crippen LogP contribution in [0.25, 0.3) is 11.5 Å². The van der Waals surface area contributed by atoms with E-state index in [4.69, 9.17) is 5.73 Å². The van der Waals surface area contributed by atoms with Crippen molar-refractivity contribution in [3.63, 3.8) is 0 Å². The van der Waals surface area contributed by atoms with E-state index in [0.717, 1.165) is 10.6 Å². The highest BCUT2D eigenvalue weighted by Gasteiger charge is 2.22. The Morgan fingerprint density at radius 3 is 2.61 bits per heavy atom. The third-order valence-electron chi connectivity index (χ3n) is 3.21. The number of carbonyl (C=O) groups excluding carboxylic acids is 1. The fraction of sp³-hybridized carbons (Fsp3) is 0.333. The molecular weight excluding hydrogens is 312 g/mol. The van der Waals surface area contributed by atoms with Crippen molar-refractivity contribution in [1.29, 1.82) is 0 Å². The number of hydrogen-bond donors (Lipinski definition) is 1. The van der Waals surface area contributed by atoms with E-state index in [1.165, 1.54) is 27.8 Å².